The van der Waals surface area contributed by atoms with Gasteiger partial charge in [-0.2, -0.15) is 15.2 Å². The van der Waals surface area contributed by atoms with Crippen LogP contribution in [0.5, 0.6) is 0 Å². The zero-order valence-electron chi connectivity index (χ0n) is 26.7. The molecule has 14 heteroatoms. The number of esters is 2. The second-order valence-corrected chi connectivity index (χ2v) is 12.0. The van der Waals surface area contributed by atoms with Gasteiger partial charge in [-0.25, -0.2) is 0 Å². The molecule has 0 saturated carbocycles. The predicted molar refractivity (Wildman–Crippen MR) is 170 cm³/mol. The van der Waals surface area contributed by atoms with Crippen LogP contribution in [-0.2, 0) is 36.9 Å². The van der Waals surface area contributed by atoms with Crippen molar-refractivity contribution in [2.24, 2.45) is 10.8 Å². The molecule has 0 aliphatic carbocycles. The normalized spacial score (nSPS) is 23.9. The molecule has 6 heterocycles. The van der Waals surface area contributed by atoms with E-state index < -0.39 is 40.6 Å². The number of methoxy groups -OCH3 is 2. The van der Waals surface area contributed by atoms with Crippen LogP contribution in [-0.4, -0.2) is 85.1 Å². The van der Waals surface area contributed by atoms with Crippen LogP contribution in [0.15, 0.2) is 102 Å². The quantitative estimate of drug-likeness (QED) is 0.167. The van der Waals surface area contributed by atoms with Gasteiger partial charge in [0.2, 0.25) is 0 Å². The minimum absolute atomic E-state index is 0.0618. The Bertz CT molecular complexity index is 1870. The van der Waals surface area contributed by atoms with E-state index in [2.05, 4.69) is 30.3 Å². The lowest BCUT2D eigenvalue weighted by Crippen LogP contribution is -2.75. The van der Waals surface area contributed by atoms with Crippen LogP contribution in [0.1, 0.15) is 35.0 Å². The number of carbonyl (C=O) groups excluding carboxylic acids is 3. The lowest BCUT2D eigenvalue weighted by atomic mass is 9.54. The van der Waals surface area contributed by atoms with Gasteiger partial charge in [0.1, 0.15) is 0 Å². The lowest BCUT2D eigenvalue weighted by Gasteiger charge is -2.61. The highest BCUT2D eigenvalue weighted by Crippen LogP contribution is 2.61. The van der Waals surface area contributed by atoms with E-state index in [4.69, 9.17) is 14.0 Å². The molecule has 0 unspecified atom stereocenters. The van der Waals surface area contributed by atoms with Crippen LogP contribution in [0.4, 0.5) is 0 Å². The zero-order valence-corrected chi connectivity index (χ0v) is 26.7. The van der Waals surface area contributed by atoms with Crippen molar-refractivity contribution in [3.63, 3.8) is 0 Å². The molecule has 0 amide bonds. The Morgan fingerprint density at radius 1 is 0.796 bits per heavy atom. The summed E-state index contributed by atoms with van der Waals surface area (Å²) in [6.45, 7) is -0.133. The number of fused-ring (bicyclic) bond motifs is 2. The van der Waals surface area contributed by atoms with Crippen molar-refractivity contribution >= 4 is 17.7 Å². The van der Waals surface area contributed by atoms with E-state index in [0.717, 1.165) is 0 Å². The van der Waals surface area contributed by atoms with E-state index in [9.17, 15) is 9.59 Å². The Morgan fingerprint density at radius 3 is 1.94 bits per heavy atom. The smallest absolute Gasteiger partial charge is 0.322 e. The first kappa shape index (κ1) is 31.8. The third-order valence-corrected chi connectivity index (χ3v) is 9.21. The summed E-state index contributed by atoms with van der Waals surface area (Å²) in [6.07, 6.45) is 4.73. The van der Waals surface area contributed by atoms with E-state index in [1.54, 1.807) is 67.1 Å². The van der Waals surface area contributed by atoms with E-state index in [0.29, 0.717) is 22.6 Å². The molecule has 2 saturated heterocycles. The molecule has 0 radical (unpaired) electrons. The first-order valence-electron chi connectivity index (χ1n) is 15.6. The number of ketones is 1. The number of likely N-dealkylation sites (tertiary alicyclic amines) is 2. The monoisotopic (exact) mass is 660 g/mol. The van der Waals surface area contributed by atoms with Gasteiger partial charge in [0.15, 0.2) is 22.4 Å². The van der Waals surface area contributed by atoms with Crippen LogP contribution >= 0.6 is 0 Å². The number of rotatable bonds is 9. The number of piperidine rings is 2. The molecular formula is C35H32N8O6. The summed E-state index contributed by atoms with van der Waals surface area (Å²) < 4.78 is 16.6. The van der Waals surface area contributed by atoms with Crippen molar-refractivity contribution < 1.29 is 28.4 Å². The van der Waals surface area contributed by atoms with E-state index >= 15 is 4.79 Å². The van der Waals surface area contributed by atoms with Gasteiger partial charge >= 0.3 is 11.9 Å². The standard InChI is InChI=1S/C35H32N8O6/c1-47-32(45)34-21-42(19-24-13-10-18-38-40-24)22-35(31(34)44,33(46)48-2)29(26-15-7-9-17-37-26)43(28(34)25-14-6-8-16-36-25)20-27-39-30(49-41-27)23-11-4-3-5-12-23/h3-18,28-29H,19-22H2,1-2H3/t28-,29+,34-,35+. The maximum absolute atomic E-state index is 15.4. The number of ether oxygens (including phenoxy) is 2. The van der Waals surface area contributed by atoms with Crippen molar-refractivity contribution in [2.75, 3.05) is 27.3 Å². The van der Waals surface area contributed by atoms with E-state index in [1.807, 2.05) is 40.1 Å². The highest BCUT2D eigenvalue weighted by Gasteiger charge is 2.76. The Morgan fingerprint density at radius 2 is 1.41 bits per heavy atom. The minimum Gasteiger partial charge on any atom is -0.468 e. The summed E-state index contributed by atoms with van der Waals surface area (Å²) in [6, 6.07) is 21.2. The highest BCUT2D eigenvalue weighted by atomic mass is 16.5. The number of pyridine rings is 2. The Balaban J connectivity index is 1.49. The van der Waals surface area contributed by atoms with Crippen molar-refractivity contribution in [2.45, 2.75) is 25.2 Å². The van der Waals surface area contributed by atoms with Gasteiger partial charge < -0.3 is 14.0 Å². The molecule has 1 aromatic carbocycles. The molecule has 2 aliphatic rings. The van der Waals surface area contributed by atoms with Crippen LogP contribution in [0.3, 0.4) is 0 Å². The van der Waals surface area contributed by atoms with E-state index in [1.165, 1.54) is 14.2 Å². The lowest BCUT2D eigenvalue weighted by molar-refractivity contribution is -0.208. The SMILES string of the molecule is COC(=O)[C@]12CN(Cc3cccnn3)C[C@](C(=O)OC)(C1=O)[C@@H](c1ccccn1)N(Cc1noc(-c3ccccc3)n1)[C@H]2c1ccccn1. The average Bonchev–Trinajstić information content (AvgIpc) is 3.62. The van der Waals surface area contributed by atoms with Gasteiger partial charge in [0.05, 0.1) is 49.9 Å². The summed E-state index contributed by atoms with van der Waals surface area (Å²) in [5.74, 6) is -1.76. The van der Waals surface area contributed by atoms with Crippen LogP contribution < -0.4 is 0 Å². The second-order valence-electron chi connectivity index (χ2n) is 12.0. The Kier molecular flexibility index (Phi) is 8.48. The molecule has 248 valence electrons. The molecule has 4 atom stereocenters. The largest absolute Gasteiger partial charge is 0.468 e. The van der Waals surface area contributed by atoms with Gasteiger partial charge in [-0.15, -0.1) is 0 Å². The van der Waals surface area contributed by atoms with Crippen LogP contribution in [0.25, 0.3) is 11.5 Å². The summed E-state index contributed by atoms with van der Waals surface area (Å²) in [4.78, 5) is 62.0. The molecule has 49 heavy (non-hydrogen) atoms. The molecule has 0 spiro atoms. The van der Waals surface area contributed by atoms with Gasteiger partial charge in [-0.05, 0) is 48.5 Å². The summed E-state index contributed by atoms with van der Waals surface area (Å²) in [5, 5.41) is 12.5. The second kappa shape index (κ2) is 13.1. The molecule has 4 aromatic heterocycles. The number of nitrogens with zero attached hydrogens (tertiary/aromatic N) is 8. The molecular weight excluding hydrogens is 628 g/mol. The number of carbonyl (C=O) groups is 3. The third-order valence-electron chi connectivity index (χ3n) is 9.21. The van der Waals surface area contributed by atoms with Gasteiger partial charge in [-0.1, -0.05) is 35.5 Å². The fourth-order valence-corrected chi connectivity index (χ4v) is 7.38. The average molecular weight is 661 g/mol. The van der Waals surface area contributed by atoms with Crippen LogP contribution in [0.2, 0.25) is 0 Å². The van der Waals surface area contributed by atoms with Crippen molar-refractivity contribution in [1.29, 1.82) is 0 Å². The third kappa shape index (κ3) is 5.34. The highest BCUT2D eigenvalue weighted by molar-refractivity contribution is 6.17. The number of hydrogen-bond donors (Lipinski definition) is 0. The van der Waals surface area contributed by atoms with Gasteiger partial charge in [-0.3, -0.25) is 34.2 Å². The van der Waals surface area contributed by atoms with Crippen LogP contribution in [0, 0.1) is 10.8 Å². The molecule has 0 N–H and O–H groups in total. The number of benzene rings is 1. The first-order valence-corrected chi connectivity index (χ1v) is 15.6. The van der Waals surface area contributed by atoms with Crippen molar-refractivity contribution in [1.82, 2.24) is 40.1 Å². The minimum atomic E-state index is -1.98. The summed E-state index contributed by atoms with van der Waals surface area (Å²) in [7, 11) is 2.45. The molecule has 14 nitrogen and oxygen atoms in total. The molecule has 7 rings (SSSR count). The Labute approximate surface area is 281 Å². The first-order chi connectivity index (χ1) is 23.9. The summed E-state index contributed by atoms with van der Waals surface area (Å²) in [5.41, 5.74) is -1.87. The van der Waals surface area contributed by atoms with E-state index in [-0.39, 0.29) is 37.9 Å². The van der Waals surface area contributed by atoms with Gasteiger partial charge in [0.25, 0.3) is 5.89 Å². The fourth-order valence-electron chi connectivity index (χ4n) is 7.38. The zero-order chi connectivity index (χ0) is 34.0. The topological polar surface area (TPSA) is 167 Å². The maximum atomic E-state index is 15.4. The maximum Gasteiger partial charge on any atom is 0.322 e. The number of hydrogen-bond acceptors (Lipinski definition) is 14. The van der Waals surface area contributed by atoms with Crippen molar-refractivity contribution in [3.05, 3.63) is 120 Å². The molecule has 2 aliphatic heterocycles. The number of aromatic nitrogens is 6. The Hall–Kier alpha value is -5.73. The predicted octanol–water partition coefficient (Wildman–Crippen LogP) is 3.02. The molecule has 2 fully saturated rings. The van der Waals surface area contributed by atoms with Gasteiger partial charge in [0, 0.05) is 43.8 Å². The molecule has 5 aromatic rings. The molecule has 2 bridgehead atoms. The fraction of sp³-hybridized carbons (Fsp3) is 0.286. The van der Waals surface area contributed by atoms with Crippen molar-refractivity contribution in [3.8, 4) is 11.5 Å². The number of Topliss-reactive ketones (excluding diaryl/α,β-unsaturated/α-hetero) is 1. The summed E-state index contributed by atoms with van der Waals surface area (Å²) >= 11 is 0.